The summed E-state index contributed by atoms with van der Waals surface area (Å²) < 4.78 is 26.9. The van der Waals surface area contributed by atoms with Crippen molar-refractivity contribution in [2.45, 2.75) is 17.9 Å². The minimum absolute atomic E-state index is 0.0141. The fourth-order valence-electron chi connectivity index (χ4n) is 1.25. The van der Waals surface area contributed by atoms with Gasteiger partial charge in [-0.05, 0) is 35.2 Å². The van der Waals surface area contributed by atoms with Crippen LogP contribution in [0.4, 0.5) is 0 Å². The summed E-state index contributed by atoms with van der Waals surface area (Å²) in [4.78, 5) is 10.7. The van der Waals surface area contributed by atoms with Crippen LogP contribution >= 0.6 is 39.0 Å². The van der Waals surface area contributed by atoms with Crippen molar-refractivity contribution in [1.29, 1.82) is 0 Å². The van der Waals surface area contributed by atoms with Crippen LogP contribution in [0.25, 0.3) is 0 Å². The Morgan fingerprint density at radius 2 is 2.28 bits per heavy atom. The van der Waals surface area contributed by atoms with Gasteiger partial charge >= 0.3 is 5.97 Å². The van der Waals surface area contributed by atoms with E-state index in [1.807, 2.05) is 6.26 Å². The molecule has 18 heavy (non-hydrogen) atoms. The predicted octanol–water partition coefficient (Wildman–Crippen LogP) is 2.24. The van der Waals surface area contributed by atoms with Gasteiger partial charge in [-0.15, -0.1) is 11.3 Å². The molecule has 0 aliphatic heterocycles. The number of hydrogen-bond donors (Lipinski definition) is 2. The number of aromatic carboxylic acids is 1. The summed E-state index contributed by atoms with van der Waals surface area (Å²) in [5.74, 6) is -0.494. The highest BCUT2D eigenvalue weighted by Gasteiger charge is 2.24. The third-order valence-electron chi connectivity index (χ3n) is 1.93. The first-order chi connectivity index (χ1) is 8.27. The molecule has 1 unspecified atom stereocenters. The predicted molar refractivity (Wildman–Crippen MR) is 77.1 cm³/mol. The number of thioether (sulfide) groups is 1. The maximum absolute atomic E-state index is 12.0. The van der Waals surface area contributed by atoms with Gasteiger partial charge in [0.1, 0.15) is 9.77 Å². The van der Waals surface area contributed by atoms with Crippen molar-refractivity contribution in [2.24, 2.45) is 0 Å². The topological polar surface area (TPSA) is 83.5 Å². The molecule has 0 spiro atoms. The van der Waals surface area contributed by atoms with Crippen LogP contribution in [-0.2, 0) is 10.0 Å². The monoisotopic (exact) mass is 373 g/mol. The molecular weight excluding hydrogens is 362 g/mol. The number of thiophene rings is 1. The molecule has 0 radical (unpaired) electrons. The first-order valence-corrected chi connectivity index (χ1v) is 9.30. The van der Waals surface area contributed by atoms with Crippen LogP contribution in [0.15, 0.2) is 14.7 Å². The summed E-state index contributed by atoms with van der Waals surface area (Å²) in [5, 5.41) is 8.83. The van der Waals surface area contributed by atoms with Gasteiger partial charge in [0.05, 0.1) is 3.79 Å². The van der Waals surface area contributed by atoms with Gasteiger partial charge in [-0.25, -0.2) is 17.9 Å². The van der Waals surface area contributed by atoms with E-state index in [1.54, 1.807) is 6.92 Å². The summed E-state index contributed by atoms with van der Waals surface area (Å²) in [6, 6.07) is 0.940. The van der Waals surface area contributed by atoms with Crippen molar-refractivity contribution in [2.75, 3.05) is 12.0 Å². The van der Waals surface area contributed by atoms with E-state index < -0.39 is 16.0 Å². The first-order valence-electron chi connectivity index (χ1n) is 4.82. The zero-order valence-corrected chi connectivity index (χ0v) is 13.7. The first kappa shape index (κ1) is 16.0. The molecule has 0 amide bonds. The minimum Gasteiger partial charge on any atom is -0.477 e. The third-order valence-corrected chi connectivity index (χ3v) is 6.59. The van der Waals surface area contributed by atoms with Crippen molar-refractivity contribution in [3.63, 3.8) is 0 Å². The second-order valence-electron chi connectivity index (χ2n) is 3.53. The number of carboxylic acid groups (broad SMARTS) is 1. The molecule has 0 fully saturated rings. The highest BCUT2D eigenvalue weighted by molar-refractivity contribution is 9.11. The van der Waals surface area contributed by atoms with Crippen LogP contribution in [0.5, 0.6) is 0 Å². The molecule has 102 valence electrons. The van der Waals surface area contributed by atoms with Crippen molar-refractivity contribution in [1.82, 2.24) is 4.72 Å². The zero-order valence-electron chi connectivity index (χ0n) is 9.64. The molecule has 0 aromatic carbocycles. The average Bonchev–Trinajstić information content (AvgIpc) is 2.60. The smallest absolute Gasteiger partial charge is 0.345 e. The molecule has 1 atom stereocenters. The van der Waals surface area contributed by atoms with Gasteiger partial charge in [-0.2, -0.15) is 11.8 Å². The Kier molecular flexibility index (Phi) is 5.66. The largest absolute Gasteiger partial charge is 0.477 e. The number of nitrogens with one attached hydrogen (secondary N) is 1. The van der Waals surface area contributed by atoms with Gasteiger partial charge in [-0.1, -0.05) is 0 Å². The molecule has 1 aromatic rings. The quantitative estimate of drug-likeness (QED) is 0.798. The zero-order chi connectivity index (χ0) is 13.9. The molecule has 9 heteroatoms. The number of rotatable bonds is 6. The summed E-state index contributed by atoms with van der Waals surface area (Å²) in [6.45, 7) is 1.76. The van der Waals surface area contributed by atoms with E-state index in [0.29, 0.717) is 9.54 Å². The van der Waals surface area contributed by atoms with Crippen molar-refractivity contribution < 1.29 is 18.3 Å². The Hall–Kier alpha value is -0.0900. The normalized spacial score (nSPS) is 13.5. The van der Waals surface area contributed by atoms with E-state index in [1.165, 1.54) is 11.8 Å². The summed E-state index contributed by atoms with van der Waals surface area (Å²) in [6.07, 6.45) is 1.88. The molecule has 0 aliphatic carbocycles. The van der Waals surface area contributed by atoms with Crippen LogP contribution in [0.3, 0.4) is 0 Å². The Labute approximate surface area is 122 Å². The maximum atomic E-state index is 12.0. The Morgan fingerprint density at radius 3 is 2.72 bits per heavy atom. The van der Waals surface area contributed by atoms with Gasteiger partial charge < -0.3 is 5.11 Å². The standard InChI is InChI=1S/C9H12BrNO4S3/c1-5(4-16-2)11-18(14,15)7-3-6(9(12)13)17-8(7)10/h3,5,11H,4H2,1-2H3,(H,12,13). The van der Waals surface area contributed by atoms with Gasteiger partial charge in [0.25, 0.3) is 0 Å². The highest BCUT2D eigenvalue weighted by atomic mass is 79.9. The SMILES string of the molecule is CSCC(C)NS(=O)(=O)c1cc(C(=O)O)sc1Br. The van der Waals surface area contributed by atoms with Crippen LogP contribution in [0.1, 0.15) is 16.6 Å². The van der Waals surface area contributed by atoms with Gasteiger partial charge in [0, 0.05) is 11.8 Å². The van der Waals surface area contributed by atoms with E-state index >= 15 is 0 Å². The molecule has 1 aromatic heterocycles. The number of carboxylic acids is 1. The summed E-state index contributed by atoms with van der Waals surface area (Å²) >= 11 is 5.49. The number of hydrogen-bond acceptors (Lipinski definition) is 5. The second kappa shape index (κ2) is 6.38. The van der Waals surface area contributed by atoms with Crippen LogP contribution in [-0.4, -0.2) is 37.5 Å². The van der Waals surface area contributed by atoms with Gasteiger partial charge in [-0.3, -0.25) is 0 Å². The van der Waals surface area contributed by atoms with Crippen LogP contribution < -0.4 is 4.72 Å². The van der Waals surface area contributed by atoms with Crippen LogP contribution in [0.2, 0.25) is 0 Å². The molecule has 2 N–H and O–H groups in total. The highest BCUT2D eigenvalue weighted by Crippen LogP contribution is 2.31. The summed E-state index contributed by atoms with van der Waals surface area (Å²) in [5.41, 5.74) is 0. The minimum atomic E-state index is -3.69. The van der Waals surface area contributed by atoms with E-state index in [9.17, 15) is 13.2 Å². The number of halogens is 1. The van der Waals surface area contributed by atoms with Gasteiger partial charge in [0.15, 0.2) is 0 Å². The second-order valence-corrected chi connectivity index (χ2v) is 8.49. The lowest BCUT2D eigenvalue weighted by atomic mass is 10.4. The van der Waals surface area contributed by atoms with E-state index in [2.05, 4.69) is 20.7 Å². The van der Waals surface area contributed by atoms with Gasteiger partial charge in [0.2, 0.25) is 10.0 Å². The fraction of sp³-hybridized carbons (Fsp3) is 0.444. The number of carbonyl (C=O) groups is 1. The fourth-order valence-corrected chi connectivity index (χ4v) is 5.59. The molecule has 1 rings (SSSR count). The van der Waals surface area contributed by atoms with Crippen molar-refractivity contribution in [3.05, 3.63) is 14.7 Å². The average molecular weight is 374 g/mol. The molecule has 0 bridgehead atoms. The third kappa shape index (κ3) is 3.95. The van der Waals surface area contributed by atoms with Crippen molar-refractivity contribution in [3.8, 4) is 0 Å². The van der Waals surface area contributed by atoms with Crippen molar-refractivity contribution >= 4 is 55.0 Å². The lowest BCUT2D eigenvalue weighted by molar-refractivity contribution is 0.0702. The van der Waals surface area contributed by atoms with E-state index in [0.717, 1.165) is 17.4 Å². The summed E-state index contributed by atoms with van der Waals surface area (Å²) in [7, 11) is -3.69. The molecule has 0 saturated carbocycles. The lowest BCUT2D eigenvalue weighted by Crippen LogP contribution is -2.34. The molecule has 0 aliphatic rings. The number of sulfonamides is 1. The maximum Gasteiger partial charge on any atom is 0.345 e. The molecule has 1 heterocycles. The molecular formula is C9H12BrNO4S3. The van der Waals surface area contributed by atoms with E-state index in [-0.39, 0.29) is 15.8 Å². The Bertz CT molecular complexity index is 540. The van der Waals surface area contributed by atoms with E-state index in [4.69, 9.17) is 5.11 Å². The lowest BCUT2D eigenvalue weighted by Gasteiger charge is -2.12. The van der Waals surface area contributed by atoms with Crippen LogP contribution in [0, 0.1) is 0 Å². The molecule has 0 saturated heterocycles. The Balaban J connectivity index is 3.01. The molecule has 5 nitrogen and oxygen atoms in total. The Morgan fingerprint density at radius 1 is 1.67 bits per heavy atom.